The van der Waals surface area contributed by atoms with Gasteiger partial charge in [-0.25, -0.2) is 0 Å². The van der Waals surface area contributed by atoms with Gasteiger partial charge in [-0.15, -0.1) is 4.99 Å². The topological polar surface area (TPSA) is 102 Å². The molecule has 3 N–H and O–H groups in total. The molecule has 7 nitrogen and oxygen atoms in total. The summed E-state index contributed by atoms with van der Waals surface area (Å²) in [6.07, 6.45) is 5.01. The highest BCUT2D eigenvalue weighted by Crippen LogP contribution is 2.23. The molecule has 0 saturated carbocycles. The molecule has 1 unspecified atom stereocenters. The molecular formula is C24H25ClN6O. The molecule has 3 rings (SSSR count). The van der Waals surface area contributed by atoms with E-state index in [9.17, 15) is 10.1 Å². The van der Waals surface area contributed by atoms with E-state index in [1.807, 2.05) is 63.4 Å². The van der Waals surface area contributed by atoms with Crippen LogP contribution in [-0.2, 0) is 11.2 Å². The molecule has 3 aromatic rings. The first kappa shape index (κ1) is 23.0. The number of amides is 1. The molecule has 2 aromatic carbocycles. The molecule has 0 aliphatic rings. The van der Waals surface area contributed by atoms with Crippen molar-refractivity contribution in [3.05, 3.63) is 71.5 Å². The fourth-order valence-corrected chi connectivity index (χ4v) is 3.24. The lowest BCUT2D eigenvalue weighted by molar-refractivity contribution is -0.122. The third kappa shape index (κ3) is 6.19. The average molecular weight is 449 g/mol. The van der Waals surface area contributed by atoms with Crippen molar-refractivity contribution >= 4 is 39.9 Å². The summed E-state index contributed by atoms with van der Waals surface area (Å²) in [5.41, 5.74) is 1.26. The summed E-state index contributed by atoms with van der Waals surface area (Å²) < 4.78 is 0. The summed E-state index contributed by atoms with van der Waals surface area (Å²) in [5, 5.41) is 21.1. The number of nitrogens with zero attached hydrogens (tertiary/aromatic N) is 3. The van der Waals surface area contributed by atoms with E-state index in [4.69, 9.17) is 11.6 Å². The molecular weight excluding hydrogens is 424 g/mol. The number of aliphatic imine (C=N–C) groups is 1. The molecule has 0 aliphatic heterocycles. The predicted octanol–water partition coefficient (Wildman–Crippen LogP) is 4.46. The second-order valence-electron chi connectivity index (χ2n) is 8.40. The van der Waals surface area contributed by atoms with E-state index in [-0.39, 0.29) is 23.7 Å². The minimum absolute atomic E-state index is 0.160. The smallest absolute Gasteiger partial charge is 0.226 e. The summed E-state index contributed by atoms with van der Waals surface area (Å²) in [4.78, 5) is 20.8. The van der Waals surface area contributed by atoms with Gasteiger partial charge in [0.25, 0.3) is 0 Å². The van der Waals surface area contributed by atoms with Crippen LogP contribution in [0.4, 0.5) is 5.69 Å². The zero-order valence-corrected chi connectivity index (χ0v) is 18.9. The standard InChI is InChI=1S/C24H25ClN6O/c1-24(2,3)22(30-21(32)13-16-7-9-18(25)10-8-16)31-23(28-15-26)29-20-6-4-5-17-14-27-12-11-19(17)20/h4-12,14,22H,13H2,1-3H3,(H,30,32)(H2,28,29,31). The van der Waals surface area contributed by atoms with E-state index in [1.54, 1.807) is 24.5 Å². The van der Waals surface area contributed by atoms with Gasteiger partial charge in [-0.1, -0.05) is 56.6 Å². The molecule has 1 atom stereocenters. The van der Waals surface area contributed by atoms with Crippen LogP contribution in [0.15, 0.2) is 65.9 Å². The van der Waals surface area contributed by atoms with Crippen molar-refractivity contribution in [3.63, 3.8) is 0 Å². The zero-order valence-electron chi connectivity index (χ0n) is 18.2. The quantitative estimate of drug-likeness (QED) is 0.231. The number of pyridine rings is 1. The summed E-state index contributed by atoms with van der Waals surface area (Å²) in [5.74, 6) is 0.0795. The molecule has 8 heteroatoms. The van der Waals surface area contributed by atoms with Gasteiger partial charge in [0.2, 0.25) is 18.1 Å². The van der Waals surface area contributed by atoms with Gasteiger partial charge >= 0.3 is 0 Å². The van der Waals surface area contributed by atoms with E-state index in [1.165, 1.54) is 0 Å². The van der Waals surface area contributed by atoms with Gasteiger partial charge in [-0.2, -0.15) is 5.26 Å². The fraction of sp³-hybridized carbons (Fsp3) is 0.250. The number of guanidine groups is 1. The number of nitrogens with one attached hydrogen (secondary N) is 3. The number of carbonyl (C=O) groups excluding carboxylic acids is 1. The Bertz CT molecular complexity index is 1160. The maximum absolute atomic E-state index is 12.7. The van der Waals surface area contributed by atoms with Crippen LogP contribution in [0, 0.1) is 16.9 Å². The van der Waals surface area contributed by atoms with Crippen molar-refractivity contribution in [1.29, 1.82) is 5.26 Å². The molecule has 0 fully saturated rings. The van der Waals surface area contributed by atoms with Crippen LogP contribution in [0.5, 0.6) is 0 Å². The van der Waals surface area contributed by atoms with Gasteiger partial charge in [0, 0.05) is 39.3 Å². The van der Waals surface area contributed by atoms with Gasteiger partial charge < -0.3 is 16.0 Å². The normalized spacial score (nSPS) is 12.7. The van der Waals surface area contributed by atoms with E-state index in [0.717, 1.165) is 22.0 Å². The second kappa shape index (κ2) is 10.1. The molecule has 164 valence electrons. The number of halogens is 1. The number of hydrogen-bond acceptors (Lipinski definition) is 4. The van der Waals surface area contributed by atoms with Crippen molar-refractivity contribution in [2.75, 3.05) is 5.32 Å². The average Bonchev–Trinajstić information content (AvgIpc) is 2.74. The van der Waals surface area contributed by atoms with E-state index in [2.05, 4.69) is 25.9 Å². The highest BCUT2D eigenvalue weighted by atomic mass is 35.5. The van der Waals surface area contributed by atoms with Crippen molar-refractivity contribution < 1.29 is 4.79 Å². The van der Waals surface area contributed by atoms with Crippen LogP contribution in [0.2, 0.25) is 5.02 Å². The van der Waals surface area contributed by atoms with Crippen LogP contribution in [0.25, 0.3) is 10.8 Å². The molecule has 1 aromatic heterocycles. The molecule has 1 heterocycles. The van der Waals surface area contributed by atoms with Crippen molar-refractivity contribution in [2.24, 2.45) is 10.4 Å². The number of nitriles is 1. The largest absolute Gasteiger partial charge is 0.335 e. The van der Waals surface area contributed by atoms with Gasteiger partial charge in [0.1, 0.15) is 6.17 Å². The number of benzene rings is 2. The lowest BCUT2D eigenvalue weighted by Gasteiger charge is -2.33. The second-order valence-corrected chi connectivity index (χ2v) is 8.84. The number of carbonyl (C=O) groups is 1. The Balaban J connectivity index is 1.77. The highest BCUT2D eigenvalue weighted by molar-refractivity contribution is 6.30. The van der Waals surface area contributed by atoms with Gasteiger partial charge in [-0.3, -0.25) is 9.78 Å². The molecule has 0 saturated heterocycles. The number of fused-ring (bicyclic) bond motifs is 1. The van der Waals surface area contributed by atoms with Crippen LogP contribution in [0.1, 0.15) is 26.3 Å². The number of hydrogen-bond donors (Lipinski definition) is 3. The molecule has 32 heavy (non-hydrogen) atoms. The van der Waals surface area contributed by atoms with Gasteiger partial charge in [-0.05, 0) is 29.8 Å². The highest BCUT2D eigenvalue weighted by Gasteiger charge is 2.27. The molecule has 1 amide bonds. The number of aromatic nitrogens is 1. The Morgan fingerprint density at radius 2 is 1.91 bits per heavy atom. The lowest BCUT2D eigenvalue weighted by Crippen LogP contribution is -2.56. The summed E-state index contributed by atoms with van der Waals surface area (Å²) in [6.45, 7) is 5.96. The first-order chi connectivity index (χ1) is 15.3. The Morgan fingerprint density at radius 3 is 2.59 bits per heavy atom. The first-order valence-corrected chi connectivity index (χ1v) is 10.5. The van der Waals surface area contributed by atoms with Crippen molar-refractivity contribution in [2.45, 2.75) is 33.4 Å². The Labute approximate surface area is 192 Å². The first-order valence-electron chi connectivity index (χ1n) is 10.1. The molecule has 0 spiro atoms. The Morgan fingerprint density at radius 1 is 1.16 bits per heavy atom. The maximum Gasteiger partial charge on any atom is 0.226 e. The monoisotopic (exact) mass is 448 g/mol. The third-order valence-corrected chi connectivity index (χ3v) is 5.08. The SMILES string of the molecule is CC(C)(C)C(NC(=O)Cc1ccc(Cl)cc1)N/C(=N/C#N)Nc1cccc2cnccc12. The molecule has 0 aliphatic carbocycles. The van der Waals surface area contributed by atoms with E-state index in [0.29, 0.717) is 5.02 Å². The summed E-state index contributed by atoms with van der Waals surface area (Å²) in [6, 6.07) is 14.8. The zero-order chi connectivity index (χ0) is 23.1. The Kier molecular flexibility index (Phi) is 7.29. The lowest BCUT2D eigenvalue weighted by atomic mass is 9.92. The number of rotatable bonds is 5. The Hall–Kier alpha value is -3.63. The number of anilines is 1. The minimum atomic E-state index is -0.487. The minimum Gasteiger partial charge on any atom is -0.335 e. The van der Waals surface area contributed by atoms with E-state index < -0.39 is 6.17 Å². The fourth-order valence-electron chi connectivity index (χ4n) is 3.11. The molecule has 0 radical (unpaired) electrons. The molecule has 0 bridgehead atoms. The predicted molar refractivity (Wildman–Crippen MR) is 128 cm³/mol. The summed E-state index contributed by atoms with van der Waals surface area (Å²) in [7, 11) is 0. The van der Waals surface area contributed by atoms with Crippen molar-refractivity contribution in [1.82, 2.24) is 15.6 Å². The van der Waals surface area contributed by atoms with Gasteiger partial charge in [0.05, 0.1) is 6.42 Å². The summed E-state index contributed by atoms with van der Waals surface area (Å²) >= 11 is 5.92. The van der Waals surface area contributed by atoms with Crippen LogP contribution in [0.3, 0.4) is 0 Å². The van der Waals surface area contributed by atoms with Crippen LogP contribution < -0.4 is 16.0 Å². The van der Waals surface area contributed by atoms with Crippen LogP contribution >= 0.6 is 11.6 Å². The maximum atomic E-state index is 12.7. The van der Waals surface area contributed by atoms with Crippen molar-refractivity contribution in [3.8, 4) is 6.19 Å². The van der Waals surface area contributed by atoms with Gasteiger partial charge in [0.15, 0.2) is 0 Å². The van der Waals surface area contributed by atoms with Crippen LogP contribution in [-0.4, -0.2) is 23.0 Å². The van der Waals surface area contributed by atoms with E-state index >= 15 is 0 Å². The third-order valence-electron chi connectivity index (χ3n) is 4.83.